The Labute approximate surface area is 159 Å². The summed E-state index contributed by atoms with van der Waals surface area (Å²) in [4.78, 5) is 11.1. The molecule has 1 atom stereocenters. The van der Waals surface area contributed by atoms with E-state index in [4.69, 9.17) is 14.5 Å². The van der Waals surface area contributed by atoms with Crippen molar-refractivity contribution in [2.24, 2.45) is 0 Å². The number of aromatic hydroxyl groups is 1. The highest BCUT2D eigenvalue weighted by Gasteiger charge is 2.16. The Morgan fingerprint density at radius 1 is 1.04 bits per heavy atom. The maximum absolute atomic E-state index is 9.79. The molecule has 0 spiro atoms. The number of anilines is 1. The Balaban J connectivity index is 1.90. The van der Waals surface area contributed by atoms with Crippen molar-refractivity contribution >= 4 is 5.82 Å². The number of phenolic OH excluding ortho intramolecular Hbond substituents is 1. The van der Waals surface area contributed by atoms with Crippen LogP contribution in [0.5, 0.6) is 17.2 Å². The van der Waals surface area contributed by atoms with Crippen LogP contribution in [0.3, 0.4) is 0 Å². The summed E-state index contributed by atoms with van der Waals surface area (Å²) in [6.07, 6.45) is 3.43. The molecule has 0 aliphatic rings. The second kappa shape index (κ2) is 7.95. The molecule has 27 heavy (non-hydrogen) atoms. The number of rotatable bonds is 6. The summed E-state index contributed by atoms with van der Waals surface area (Å²) >= 11 is 0. The lowest BCUT2D eigenvalue weighted by Crippen LogP contribution is -2.23. The van der Waals surface area contributed by atoms with Gasteiger partial charge < -0.3 is 19.5 Å². The number of aromatic nitrogens is 2. The van der Waals surface area contributed by atoms with Crippen LogP contribution in [0.15, 0.2) is 54.9 Å². The summed E-state index contributed by atoms with van der Waals surface area (Å²) in [6.45, 7) is 2.10. The Morgan fingerprint density at radius 3 is 2.59 bits per heavy atom. The van der Waals surface area contributed by atoms with Gasteiger partial charge in [0.1, 0.15) is 11.6 Å². The third kappa shape index (κ3) is 3.95. The van der Waals surface area contributed by atoms with Crippen LogP contribution in [0, 0.1) is 0 Å². The Morgan fingerprint density at radius 2 is 1.85 bits per heavy atom. The van der Waals surface area contributed by atoms with Gasteiger partial charge in [0.25, 0.3) is 0 Å². The van der Waals surface area contributed by atoms with Crippen LogP contribution < -0.4 is 14.4 Å². The minimum atomic E-state index is 0.0824. The molecule has 1 aromatic heterocycles. The van der Waals surface area contributed by atoms with Gasteiger partial charge in [-0.15, -0.1) is 0 Å². The van der Waals surface area contributed by atoms with Gasteiger partial charge in [-0.3, -0.25) is 4.98 Å². The molecule has 0 saturated heterocycles. The molecule has 0 aliphatic carbocycles. The highest BCUT2D eigenvalue weighted by Crippen LogP contribution is 2.32. The van der Waals surface area contributed by atoms with Gasteiger partial charge in [0, 0.05) is 12.6 Å². The van der Waals surface area contributed by atoms with Crippen LogP contribution in [-0.4, -0.2) is 36.3 Å². The van der Waals surface area contributed by atoms with E-state index < -0.39 is 0 Å². The molecule has 0 amide bonds. The van der Waals surface area contributed by atoms with Crippen molar-refractivity contribution in [2.45, 2.75) is 13.0 Å². The van der Waals surface area contributed by atoms with Crippen LogP contribution in [0.4, 0.5) is 5.82 Å². The topological polar surface area (TPSA) is 67.7 Å². The fourth-order valence-electron chi connectivity index (χ4n) is 2.83. The molecule has 3 rings (SSSR count). The van der Waals surface area contributed by atoms with Gasteiger partial charge in [0.15, 0.2) is 11.5 Å². The van der Waals surface area contributed by atoms with Crippen molar-refractivity contribution in [3.05, 3.63) is 60.4 Å². The molecule has 0 aliphatic heterocycles. The zero-order valence-corrected chi connectivity index (χ0v) is 15.9. The van der Waals surface area contributed by atoms with E-state index in [1.807, 2.05) is 25.2 Å². The molecule has 0 saturated carbocycles. The molecule has 140 valence electrons. The zero-order chi connectivity index (χ0) is 19.4. The fraction of sp³-hybridized carbons (Fsp3) is 0.238. The Hall–Kier alpha value is -3.28. The van der Waals surface area contributed by atoms with E-state index in [0.717, 1.165) is 22.7 Å². The largest absolute Gasteiger partial charge is 0.504 e. The summed E-state index contributed by atoms with van der Waals surface area (Å²) in [7, 11) is 5.16. The number of methoxy groups -OCH3 is 2. The van der Waals surface area contributed by atoms with Gasteiger partial charge >= 0.3 is 0 Å². The normalized spacial score (nSPS) is 11.7. The molecule has 1 N–H and O–H groups in total. The van der Waals surface area contributed by atoms with Gasteiger partial charge in [-0.2, -0.15) is 0 Å². The predicted octanol–water partition coefficient (Wildman–Crippen LogP) is 4.06. The van der Waals surface area contributed by atoms with Crippen LogP contribution in [-0.2, 0) is 0 Å². The Bertz CT molecular complexity index is 930. The van der Waals surface area contributed by atoms with Crippen molar-refractivity contribution in [1.29, 1.82) is 0 Å². The first-order valence-corrected chi connectivity index (χ1v) is 8.59. The average molecular weight is 365 g/mol. The monoisotopic (exact) mass is 365 g/mol. The van der Waals surface area contributed by atoms with Crippen molar-refractivity contribution in [3.63, 3.8) is 0 Å². The van der Waals surface area contributed by atoms with Crippen LogP contribution >= 0.6 is 0 Å². The van der Waals surface area contributed by atoms with Gasteiger partial charge in [-0.05, 0) is 42.8 Å². The number of benzene rings is 2. The Kier molecular flexibility index (Phi) is 5.45. The number of nitrogens with zero attached hydrogens (tertiary/aromatic N) is 3. The van der Waals surface area contributed by atoms with Gasteiger partial charge in [0.05, 0.1) is 38.3 Å². The van der Waals surface area contributed by atoms with E-state index in [-0.39, 0.29) is 11.8 Å². The lowest BCUT2D eigenvalue weighted by atomic mass is 10.1. The van der Waals surface area contributed by atoms with Gasteiger partial charge in [-0.25, -0.2) is 4.98 Å². The highest BCUT2D eigenvalue weighted by atomic mass is 16.5. The van der Waals surface area contributed by atoms with Crippen molar-refractivity contribution in [1.82, 2.24) is 9.97 Å². The molecule has 3 aromatic rings. The van der Waals surface area contributed by atoms with Crippen molar-refractivity contribution in [2.75, 3.05) is 26.2 Å². The predicted molar refractivity (Wildman–Crippen MR) is 105 cm³/mol. The van der Waals surface area contributed by atoms with Crippen LogP contribution in [0.25, 0.3) is 11.3 Å². The van der Waals surface area contributed by atoms with Crippen LogP contribution in [0.2, 0.25) is 0 Å². The lowest BCUT2D eigenvalue weighted by Gasteiger charge is -2.26. The third-order valence-electron chi connectivity index (χ3n) is 4.62. The third-order valence-corrected chi connectivity index (χ3v) is 4.62. The molecular formula is C21H23N3O3. The minimum absolute atomic E-state index is 0.0824. The number of hydrogen-bond acceptors (Lipinski definition) is 6. The SMILES string of the molecule is COc1cccc([C@H](C)N(C)c2cncc(-c3ccc(O)c(OC)c3)n2)c1. The highest BCUT2D eigenvalue weighted by molar-refractivity contribution is 5.64. The fourth-order valence-corrected chi connectivity index (χ4v) is 2.83. The first-order valence-electron chi connectivity index (χ1n) is 8.59. The maximum atomic E-state index is 9.79. The van der Waals surface area contributed by atoms with Crippen molar-refractivity contribution in [3.8, 4) is 28.5 Å². The average Bonchev–Trinajstić information content (AvgIpc) is 2.73. The summed E-state index contributed by atoms with van der Waals surface area (Å²) in [5, 5.41) is 9.79. The number of hydrogen-bond donors (Lipinski definition) is 1. The smallest absolute Gasteiger partial charge is 0.161 e. The first-order chi connectivity index (χ1) is 13.0. The standard InChI is InChI=1S/C21H23N3O3/c1-14(15-6-5-7-17(10-15)26-3)24(2)21-13-22-12-18(23-21)16-8-9-19(25)20(11-16)27-4/h5-14,25H,1-4H3/t14-/m0/s1. The summed E-state index contributed by atoms with van der Waals surface area (Å²) < 4.78 is 10.5. The van der Waals surface area contributed by atoms with E-state index in [1.165, 1.54) is 7.11 Å². The number of ether oxygens (including phenoxy) is 2. The second-order valence-electron chi connectivity index (χ2n) is 6.21. The first kappa shape index (κ1) is 18.5. The van der Waals surface area contributed by atoms with Gasteiger partial charge in [0.2, 0.25) is 0 Å². The lowest BCUT2D eigenvalue weighted by molar-refractivity contribution is 0.373. The summed E-state index contributed by atoms with van der Waals surface area (Å²) in [6, 6.07) is 13.2. The van der Waals surface area contributed by atoms with E-state index >= 15 is 0 Å². The second-order valence-corrected chi connectivity index (χ2v) is 6.21. The maximum Gasteiger partial charge on any atom is 0.161 e. The molecule has 0 fully saturated rings. The van der Waals surface area contributed by atoms with E-state index in [1.54, 1.807) is 37.7 Å². The molecule has 0 bridgehead atoms. The molecular weight excluding hydrogens is 342 g/mol. The van der Waals surface area contributed by atoms with E-state index in [9.17, 15) is 5.11 Å². The molecule has 1 heterocycles. The van der Waals surface area contributed by atoms with E-state index in [0.29, 0.717) is 11.4 Å². The molecule has 6 nitrogen and oxygen atoms in total. The van der Waals surface area contributed by atoms with Crippen LogP contribution in [0.1, 0.15) is 18.5 Å². The van der Waals surface area contributed by atoms with Gasteiger partial charge in [-0.1, -0.05) is 12.1 Å². The molecule has 0 unspecified atom stereocenters. The van der Waals surface area contributed by atoms with Crippen molar-refractivity contribution < 1.29 is 14.6 Å². The zero-order valence-electron chi connectivity index (χ0n) is 15.9. The molecule has 6 heteroatoms. The molecule has 2 aromatic carbocycles. The van der Waals surface area contributed by atoms with E-state index in [2.05, 4.69) is 22.9 Å². The number of phenols is 1. The quantitative estimate of drug-likeness (QED) is 0.710. The minimum Gasteiger partial charge on any atom is -0.504 e. The summed E-state index contributed by atoms with van der Waals surface area (Å²) in [5.74, 6) is 2.06. The molecule has 0 radical (unpaired) electrons. The summed E-state index contributed by atoms with van der Waals surface area (Å²) in [5.41, 5.74) is 2.65.